The summed E-state index contributed by atoms with van der Waals surface area (Å²) in [5, 5.41) is 4.90. The summed E-state index contributed by atoms with van der Waals surface area (Å²) < 4.78 is 28.7. The summed E-state index contributed by atoms with van der Waals surface area (Å²) >= 11 is 6.20. The third-order valence-corrected chi connectivity index (χ3v) is 7.19. The zero-order valence-electron chi connectivity index (χ0n) is 17.5. The first-order valence-electron chi connectivity index (χ1n) is 9.93. The second-order valence-electron chi connectivity index (χ2n) is 7.51. The lowest BCUT2D eigenvalue weighted by atomic mass is 10.1. The largest absolute Gasteiger partial charge is 0.322 e. The Morgan fingerprint density at radius 2 is 1.59 bits per heavy atom. The Labute approximate surface area is 192 Å². The van der Waals surface area contributed by atoms with Gasteiger partial charge < -0.3 is 5.32 Å². The molecule has 0 unspecified atom stereocenters. The van der Waals surface area contributed by atoms with Crippen molar-refractivity contribution in [3.05, 3.63) is 101 Å². The number of amides is 1. The maximum absolute atomic E-state index is 13.0. The van der Waals surface area contributed by atoms with Crippen molar-refractivity contribution >= 4 is 49.7 Å². The van der Waals surface area contributed by atoms with Crippen molar-refractivity contribution in [3.63, 3.8) is 0 Å². The molecule has 0 radical (unpaired) electrons. The van der Waals surface area contributed by atoms with Crippen LogP contribution >= 0.6 is 11.6 Å². The average molecular weight is 465 g/mol. The summed E-state index contributed by atoms with van der Waals surface area (Å²) in [6, 6.07) is 22.9. The Morgan fingerprint density at radius 1 is 0.844 bits per heavy atom. The first-order valence-corrected chi connectivity index (χ1v) is 11.8. The van der Waals surface area contributed by atoms with Crippen LogP contribution in [0, 0.1) is 13.8 Å². The number of carbonyl (C=O) groups is 1. The number of fused-ring (bicyclic) bond motifs is 1. The number of anilines is 2. The lowest BCUT2D eigenvalue weighted by molar-refractivity contribution is 0.102. The molecule has 5 nitrogen and oxygen atoms in total. The molecule has 0 aliphatic carbocycles. The van der Waals surface area contributed by atoms with E-state index in [1.54, 1.807) is 18.2 Å². The van der Waals surface area contributed by atoms with Crippen molar-refractivity contribution in [3.8, 4) is 0 Å². The lowest BCUT2D eigenvalue weighted by Gasteiger charge is -2.14. The lowest BCUT2D eigenvalue weighted by Crippen LogP contribution is -2.17. The van der Waals surface area contributed by atoms with Crippen molar-refractivity contribution in [2.75, 3.05) is 10.0 Å². The van der Waals surface area contributed by atoms with Gasteiger partial charge >= 0.3 is 0 Å². The number of rotatable bonds is 5. The molecular weight excluding hydrogens is 444 g/mol. The summed E-state index contributed by atoms with van der Waals surface area (Å²) in [4.78, 5) is 12.7. The summed E-state index contributed by atoms with van der Waals surface area (Å²) in [5.41, 5.74) is 3.04. The van der Waals surface area contributed by atoms with Crippen LogP contribution in [0.25, 0.3) is 10.8 Å². The minimum atomic E-state index is -4.00. The molecule has 0 fully saturated rings. The van der Waals surface area contributed by atoms with Crippen molar-refractivity contribution in [2.45, 2.75) is 18.7 Å². The van der Waals surface area contributed by atoms with Crippen LogP contribution in [0.4, 0.5) is 11.4 Å². The number of hydrogen-bond donors (Lipinski definition) is 2. The van der Waals surface area contributed by atoms with Crippen LogP contribution in [-0.4, -0.2) is 14.3 Å². The molecule has 32 heavy (non-hydrogen) atoms. The van der Waals surface area contributed by atoms with E-state index < -0.39 is 15.9 Å². The minimum Gasteiger partial charge on any atom is -0.322 e. The highest BCUT2D eigenvalue weighted by Gasteiger charge is 2.21. The normalized spacial score (nSPS) is 11.3. The van der Waals surface area contributed by atoms with Crippen LogP contribution < -0.4 is 10.0 Å². The summed E-state index contributed by atoms with van der Waals surface area (Å²) in [5.74, 6) is -0.430. The summed E-state index contributed by atoms with van der Waals surface area (Å²) in [6.45, 7) is 3.74. The van der Waals surface area contributed by atoms with Gasteiger partial charge in [0.15, 0.2) is 0 Å². The fraction of sp³-hybridized carbons (Fsp3) is 0.0800. The van der Waals surface area contributed by atoms with Crippen LogP contribution in [-0.2, 0) is 10.0 Å². The Hall–Kier alpha value is -3.35. The number of carbonyl (C=O) groups excluding carboxylic acids is 1. The fourth-order valence-corrected chi connectivity index (χ4v) is 5.03. The highest BCUT2D eigenvalue weighted by atomic mass is 35.5. The van der Waals surface area contributed by atoms with E-state index in [-0.39, 0.29) is 15.5 Å². The average Bonchev–Trinajstić information content (AvgIpc) is 2.77. The number of benzene rings is 4. The van der Waals surface area contributed by atoms with Crippen molar-refractivity contribution in [1.82, 2.24) is 0 Å². The molecule has 0 aliphatic rings. The predicted octanol–water partition coefficient (Wildman–Crippen LogP) is 6.16. The highest BCUT2D eigenvalue weighted by Crippen LogP contribution is 2.28. The molecule has 0 heterocycles. The van der Waals surface area contributed by atoms with Gasteiger partial charge in [0.25, 0.3) is 15.9 Å². The van der Waals surface area contributed by atoms with Crippen LogP contribution in [0.1, 0.15) is 21.5 Å². The molecule has 162 valence electrons. The van der Waals surface area contributed by atoms with Crippen LogP contribution in [0.2, 0.25) is 5.02 Å². The molecule has 7 heteroatoms. The van der Waals surface area contributed by atoms with Crippen molar-refractivity contribution < 1.29 is 13.2 Å². The van der Waals surface area contributed by atoms with Gasteiger partial charge in [-0.3, -0.25) is 9.52 Å². The monoisotopic (exact) mass is 464 g/mol. The molecule has 0 aliphatic heterocycles. The van der Waals surface area contributed by atoms with Gasteiger partial charge in [-0.1, -0.05) is 54.1 Å². The Bertz CT molecular complexity index is 1450. The smallest absolute Gasteiger partial charge is 0.263 e. The van der Waals surface area contributed by atoms with Gasteiger partial charge in [0.05, 0.1) is 10.7 Å². The number of aryl methyl sites for hydroxylation is 1. The van der Waals surface area contributed by atoms with Gasteiger partial charge in [-0.05, 0) is 72.1 Å². The van der Waals surface area contributed by atoms with E-state index in [1.807, 2.05) is 56.3 Å². The Kier molecular flexibility index (Phi) is 5.91. The van der Waals surface area contributed by atoms with Crippen molar-refractivity contribution in [2.24, 2.45) is 0 Å². The number of hydrogen-bond acceptors (Lipinski definition) is 3. The second kappa shape index (κ2) is 8.65. The Balaban J connectivity index is 1.62. The molecule has 0 saturated carbocycles. The molecule has 4 rings (SSSR count). The molecule has 0 bridgehead atoms. The predicted molar refractivity (Wildman–Crippen MR) is 130 cm³/mol. The van der Waals surface area contributed by atoms with Gasteiger partial charge in [0.2, 0.25) is 0 Å². The first-order chi connectivity index (χ1) is 15.2. The van der Waals surface area contributed by atoms with Gasteiger partial charge in [-0.2, -0.15) is 0 Å². The fourth-order valence-electron chi connectivity index (χ4n) is 3.38. The van der Waals surface area contributed by atoms with E-state index in [4.69, 9.17) is 11.6 Å². The van der Waals surface area contributed by atoms with Gasteiger partial charge in [-0.15, -0.1) is 0 Å². The second-order valence-corrected chi connectivity index (χ2v) is 9.57. The molecule has 0 spiro atoms. The van der Waals surface area contributed by atoms with E-state index in [1.165, 1.54) is 18.2 Å². The molecule has 1 amide bonds. The molecule has 0 saturated heterocycles. The Morgan fingerprint density at radius 3 is 2.38 bits per heavy atom. The summed E-state index contributed by atoms with van der Waals surface area (Å²) in [7, 11) is -4.00. The van der Waals surface area contributed by atoms with E-state index in [2.05, 4.69) is 10.0 Å². The SMILES string of the molecule is Cc1cccc(NS(=O)(=O)c2cc(C(=O)Nc3ccc4ccccc4c3)ccc2Cl)c1C. The minimum absolute atomic E-state index is 0.0325. The van der Waals surface area contributed by atoms with Crippen molar-refractivity contribution in [1.29, 1.82) is 0 Å². The van der Waals surface area contributed by atoms with E-state index >= 15 is 0 Å². The number of nitrogens with one attached hydrogen (secondary N) is 2. The zero-order chi connectivity index (χ0) is 22.9. The van der Waals surface area contributed by atoms with Crippen LogP contribution in [0.3, 0.4) is 0 Å². The van der Waals surface area contributed by atoms with E-state index in [0.717, 1.165) is 21.9 Å². The van der Waals surface area contributed by atoms with E-state index in [9.17, 15) is 13.2 Å². The zero-order valence-corrected chi connectivity index (χ0v) is 19.1. The topological polar surface area (TPSA) is 75.3 Å². The molecular formula is C25H21ClN2O3S. The molecule has 2 N–H and O–H groups in total. The molecule has 0 atom stereocenters. The van der Waals surface area contributed by atoms with Gasteiger partial charge in [-0.25, -0.2) is 8.42 Å². The number of sulfonamides is 1. The van der Waals surface area contributed by atoms with Crippen LogP contribution in [0.5, 0.6) is 0 Å². The molecule has 0 aromatic heterocycles. The highest BCUT2D eigenvalue weighted by molar-refractivity contribution is 7.92. The van der Waals surface area contributed by atoms with Crippen LogP contribution in [0.15, 0.2) is 83.8 Å². The van der Waals surface area contributed by atoms with Gasteiger partial charge in [0, 0.05) is 11.3 Å². The molecule has 4 aromatic rings. The summed E-state index contributed by atoms with van der Waals surface area (Å²) in [6.07, 6.45) is 0. The quantitative estimate of drug-likeness (QED) is 0.371. The third-order valence-electron chi connectivity index (χ3n) is 5.34. The third kappa shape index (κ3) is 4.47. The standard InChI is InChI=1S/C25H21ClN2O3S/c1-16-6-5-9-23(17(16)2)28-32(30,31)24-15-20(11-13-22(24)26)25(29)27-21-12-10-18-7-3-4-8-19(18)14-21/h3-15,28H,1-2H3,(H,27,29). The number of halogens is 1. The maximum atomic E-state index is 13.0. The molecule has 4 aromatic carbocycles. The van der Waals surface area contributed by atoms with Gasteiger partial charge in [0.1, 0.15) is 4.90 Å². The maximum Gasteiger partial charge on any atom is 0.263 e. The first kappa shape index (κ1) is 21.9. The van der Waals surface area contributed by atoms with E-state index in [0.29, 0.717) is 11.4 Å².